The molecular formula is C12H16BrNO2. The van der Waals surface area contributed by atoms with Gasteiger partial charge in [0.25, 0.3) is 0 Å². The minimum absolute atomic E-state index is 0.423. The maximum Gasteiger partial charge on any atom is 0.213 e. The standard InChI is InChI=1S/C12H16BrNO2/c1-12(2,16-4)10-6-5-9(13)7-11(10)14(3)8-15/h5-8H,1-4H3. The zero-order valence-electron chi connectivity index (χ0n) is 9.95. The van der Waals surface area contributed by atoms with Gasteiger partial charge < -0.3 is 9.64 Å². The molecule has 88 valence electrons. The van der Waals surface area contributed by atoms with Crippen LogP contribution in [0.3, 0.4) is 0 Å². The molecule has 0 atom stereocenters. The number of hydrogen-bond acceptors (Lipinski definition) is 2. The third-order valence-electron chi connectivity index (χ3n) is 2.66. The van der Waals surface area contributed by atoms with E-state index < -0.39 is 5.60 Å². The molecular weight excluding hydrogens is 270 g/mol. The van der Waals surface area contributed by atoms with Gasteiger partial charge in [-0.1, -0.05) is 22.0 Å². The third kappa shape index (κ3) is 2.62. The van der Waals surface area contributed by atoms with Gasteiger partial charge in [0.2, 0.25) is 6.41 Å². The zero-order valence-corrected chi connectivity index (χ0v) is 11.5. The normalized spacial score (nSPS) is 11.3. The summed E-state index contributed by atoms with van der Waals surface area (Å²) >= 11 is 3.40. The quantitative estimate of drug-likeness (QED) is 0.796. The highest BCUT2D eigenvalue weighted by Crippen LogP contribution is 2.34. The topological polar surface area (TPSA) is 29.5 Å². The van der Waals surface area contributed by atoms with Gasteiger partial charge in [-0.3, -0.25) is 4.79 Å². The second kappa shape index (κ2) is 4.97. The molecule has 0 N–H and O–H groups in total. The fraction of sp³-hybridized carbons (Fsp3) is 0.417. The van der Waals surface area contributed by atoms with Crippen LogP contribution in [0.15, 0.2) is 22.7 Å². The largest absolute Gasteiger partial charge is 0.374 e. The Morgan fingerprint density at radius 3 is 2.56 bits per heavy atom. The van der Waals surface area contributed by atoms with E-state index in [4.69, 9.17) is 4.74 Å². The molecule has 0 saturated carbocycles. The number of methoxy groups -OCH3 is 1. The van der Waals surface area contributed by atoms with E-state index in [1.54, 1.807) is 19.1 Å². The van der Waals surface area contributed by atoms with E-state index in [2.05, 4.69) is 15.9 Å². The Hall–Kier alpha value is -0.870. The second-order valence-corrected chi connectivity index (χ2v) is 5.01. The molecule has 0 heterocycles. The summed E-state index contributed by atoms with van der Waals surface area (Å²) in [5.41, 5.74) is 1.40. The highest BCUT2D eigenvalue weighted by atomic mass is 79.9. The first-order valence-corrected chi connectivity index (χ1v) is 5.75. The van der Waals surface area contributed by atoms with E-state index in [9.17, 15) is 4.79 Å². The number of ether oxygens (including phenoxy) is 1. The van der Waals surface area contributed by atoms with Gasteiger partial charge in [0.15, 0.2) is 0 Å². The van der Waals surface area contributed by atoms with E-state index >= 15 is 0 Å². The highest BCUT2D eigenvalue weighted by molar-refractivity contribution is 9.10. The van der Waals surface area contributed by atoms with E-state index in [0.717, 1.165) is 22.1 Å². The fourth-order valence-electron chi connectivity index (χ4n) is 1.47. The van der Waals surface area contributed by atoms with E-state index in [1.165, 1.54) is 0 Å². The molecule has 1 rings (SSSR count). The van der Waals surface area contributed by atoms with Crippen LogP contribution in [-0.2, 0) is 15.1 Å². The average molecular weight is 286 g/mol. The summed E-state index contributed by atoms with van der Waals surface area (Å²) in [6.45, 7) is 3.94. The summed E-state index contributed by atoms with van der Waals surface area (Å²) < 4.78 is 6.38. The van der Waals surface area contributed by atoms with Gasteiger partial charge in [-0.25, -0.2) is 0 Å². The van der Waals surface area contributed by atoms with Crippen LogP contribution in [0.5, 0.6) is 0 Å². The van der Waals surface area contributed by atoms with Gasteiger partial charge in [-0.15, -0.1) is 0 Å². The SMILES string of the molecule is COC(C)(C)c1ccc(Br)cc1N(C)C=O. The van der Waals surface area contributed by atoms with E-state index in [-0.39, 0.29) is 0 Å². The number of halogens is 1. The van der Waals surface area contributed by atoms with Crippen molar-refractivity contribution < 1.29 is 9.53 Å². The number of amides is 1. The van der Waals surface area contributed by atoms with Crippen LogP contribution in [0.2, 0.25) is 0 Å². The molecule has 0 spiro atoms. The number of benzene rings is 1. The molecule has 0 bridgehead atoms. The van der Waals surface area contributed by atoms with Crippen LogP contribution in [0, 0.1) is 0 Å². The average Bonchev–Trinajstić information content (AvgIpc) is 2.27. The second-order valence-electron chi connectivity index (χ2n) is 4.09. The molecule has 0 radical (unpaired) electrons. The predicted molar refractivity (Wildman–Crippen MR) is 68.6 cm³/mol. The molecule has 0 aromatic heterocycles. The molecule has 3 nitrogen and oxygen atoms in total. The van der Waals surface area contributed by atoms with Gasteiger partial charge >= 0.3 is 0 Å². The van der Waals surface area contributed by atoms with Crippen molar-refractivity contribution in [1.82, 2.24) is 0 Å². The highest BCUT2D eigenvalue weighted by Gasteiger charge is 2.24. The molecule has 0 fully saturated rings. The molecule has 4 heteroatoms. The van der Waals surface area contributed by atoms with Crippen LogP contribution in [0.25, 0.3) is 0 Å². The molecule has 1 amide bonds. The lowest BCUT2D eigenvalue weighted by atomic mass is 9.96. The van der Waals surface area contributed by atoms with Crippen LogP contribution in [-0.4, -0.2) is 20.6 Å². The van der Waals surface area contributed by atoms with Gasteiger partial charge in [0.1, 0.15) is 0 Å². The molecule has 0 aliphatic carbocycles. The van der Waals surface area contributed by atoms with E-state index in [0.29, 0.717) is 0 Å². The Labute approximate surface area is 105 Å². The fourth-order valence-corrected chi connectivity index (χ4v) is 1.82. The lowest BCUT2D eigenvalue weighted by Gasteiger charge is -2.28. The lowest BCUT2D eigenvalue weighted by Crippen LogP contribution is -2.25. The Kier molecular flexibility index (Phi) is 4.10. The summed E-state index contributed by atoms with van der Waals surface area (Å²) in [7, 11) is 3.39. The van der Waals surface area contributed by atoms with Gasteiger partial charge in [0, 0.05) is 24.2 Å². The van der Waals surface area contributed by atoms with Gasteiger partial charge in [-0.2, -0.15) is 0 Å². The van der Waals surface area contributed by atoms with Gasteiger partial charge in [0.05, 0.1) is 11.3 Å². The number of rotatable bonds is 4. The van der Waals surface area contributed by atoms with Crippen LogP contribution >= 0.6 is 15.9 Å². The van der Waals surface area contributed by atoms with Crippen molar-refractivity contribution in [3.05, 3.63) is 28.2 Å². The van der Waals surface area contributed by atoms with Crippen molar-refractivity contribution in [1.29, 1.82) is 0 Å². The lowest BCUT2D eigenvalue weighted by molar-refractivity contribution is -0.107. The number of carbonyl (C=O) groups excluding carboxylic acids is 1. The van der Waals surface area contributed by atoms with Crippen LogP contribution in [0.1, 0.15) is 19.4 Å². The van der Waals surface area contributed by atoms with Crippen molar-refractivity contribution in [2.45, 2.75) is 19.4 Å². The maximum atomic E-state index is 10.9. The molecule has 0 saturated heterocycles. The van der Waals surface area contributed by atoms with Crippen molar-refractivity contribution in [2.75, 3.05) is 19.1 Å². The molecule has 1 aromatic carbocycles. The maximum absolute atomic E-state index is 10.9. The Balaban J connectivity index is 3.33. The smallest absolute Gasteiger partial charge is 0.213 e. The van der Waals surface area contributed by atoms with Crippen LogP contribution < -0.4 is 4.90 Å². The summed E-state index contributed by atoms with van der Waals surface area (Å²) in [5, 5.41) is 0. The zero-order chi connectivity index (χ0) is 12.3. The monoisotopic (exact) mass is 285 g/mol. The van der Waals surface area contributed by atoms with Crippen molar-refractivity contribution in [2.24, 2.45) is 0 Å². The first-order chi connectivity index (χ1) is 7.42. The summed E-state index contributed by atoms with van der Waals surface area (Å²) in [6.07, 6.45) is 0.789. The number of anilines is 1. The van der Waals surface area contributed by atoms with Crippen LogP contribution in [0.4, 0.5) is 5.69 Å². The number of nitrogens with zero attached hydrogens (tertiary/aromatic N) is 1. The molecule has 16 heavy (non-hydrogen) atoms. The first-order valence-electron chi connectivity index (χ1n) is 4.95. The third-order valence-corrected chi connectivity index (χ3v) is 3.15. The molecule has 0 unspecified atom stereocenters. The Morgan fingerprint density at radius 1 is 1.44 bits per heavy atom. The summed E-state index contributed by atoms with van der Waals surface area (Å²) in [6, 6.07) is 5.81. The number of hydrogen-bond donors (Lipinski definition) is 0. The predicted octanol–water partition coefficient (Wildman–Crippen LogP) is 2.92. The van der Waals surface area contributed by atoms with Crippen molar-refractivity contribution >= 4 is 28.0 Å². The summed E-state index contributed by atoms with van der Waals surface area (Å²) in [5.74, 6) is 0. The minimum Gasteiger partial charge on any atom is -0.374 e. The minimum atomic E-state index is -0.423. The molecule has 0 aliphatic rings. The first kappa shape index (κ1) is 13.2. The van der Waals surface area contributed by atoms with Crippen molar-refractivity contribution in [3.63, 3.8) is 0 Å². The van der Waals surface area contributed by atoms with Crippen molar-refractivity contribution in [3.8, 4) is 0 Å². The number of carbonyl (C=O) groups is 1. The molecule has 1 aromatic rings. The Morgan fingerprint density at radius 2 is 2.06 bits per heavy atom. The Bertz CT molecular complexity index is 391. The van der Waals surface area contributed by atoms with E-state index in [1.807, 2.05) is 32.0 Å². The summed E-state index contributed by atoms with van der Waals surface area (Å²) in [4.78, 5) is 12.4. The van der Waals surface area contributed by atoms with Gasteiger partial charge in [-0.05, 0) is 26.0 Å². The molecule has 0 aliphatic heterocycles.